The Bertz CT molecular complexity index is 506. The predicted molar refractivity (Wildman–Crippen MR) is 61.8 cm³/mol. The van der Waals surface area contributed by atoms with Crippen LogP contribution in [0.5, 0.6) is 17.2 Å². The van der Waals surface area contributed by atoms with Gasteiger partial charge in [0.15, 0.2) is 11.5 Å². The number of hydrogen-bond acceptors (Lipinski definition) is 3. The Hall–Kier alpha value is -2.16. The van der Waals surface area contributed by atoms with Crippen LogP contribution < -0.4 is 4.74 Å². The molecule has 0 saturated carbocycles. The van der Waals surface area contributed by atoms with Gasteiger partial charge < -0.3 is 14.9 Å². The third-order valence-corrected chi connectivity index (χ3v) is 2.39. The maximum Gasteiger partial charge on any atom is 0.161 e. The SMILES string of the molecule is COc1cc(-c2ccccc2O)ccc1O. The first-order chi connectivity index (χ1) is 7.72. The molecule has 0 atom stereocenters. The van der Waals surface area contributed by atoms with Crippen molar-refractivity contribution in [2.24, 2.45) is 0 Å². The van der Waals surface area contributed by atoms with Crippen LogP contribution in [-0.2, 0) is 0 Å². The molecule has 3 nitrogen and oxygen atoms in total. The van der Waals surface area contributed by atoms with Crippen LogP contribution in [0.1, 0.15) is 0 Å². The lowest BCUT2D eigenvalue weighted by Crippen LogP contribution is -1.85. The molecule has 0 spiro atoms. The van der Waals surface area contributed by atoms with E-state index in [0.717, 1.165) is 5.56 Å². The molecule has 2 aromatic rings. The first kappa shape index (κ1) is 10.4. The second-order valence-corrected chi connectivity index (χ2v) is 3.40. The lowest BCUT2D eigenvalue weighted by Gasteiger charge is -2.08. The summed E-state index contributed by atoms with van der Waals surface area (Å²) in [4.78, 5) is 0. The smallest absolute Gasteiger partial charge is 0.161 e. The van der Waals surface area contributed by atoms with Gasteiger partial charge >= 0.3 is 0 Å². The van der Waals surface area contributed by atoms with Gasteiger partial charge in [-0.25, -0.2) is 0 Å². The number of ether oxygens (including phenoxy) is 1. The van der Waals surface area contributed by atoms with Gasteiger partial charge in [0, 0.05) is 5.56 Å². The Balaban J connectivity index is 2.53. The molecule has 0 aromatic heterocycles. The molecular formula is C13H12O3. The molecule has 0 radical (unpaired) electrons. The van der Waals surface area contributed by atoms with Crippen molar-refractivity contribution in [1.29, 1.82) is 0 Å². The molecule has 0 fully saturated rings. The van der Waals surface area contributed by atoms with Crippen molar-refractivity contribution in [2.75, 3.05) is 7.11 Å². The van der Waals surface area contributed by atoms with E-state index < -0.39 is 0 Å². The molecule has 0 aliphatic carbocycles. The van der Waals surface area contributed by atoms with E-state index in [-0.39, 0.29) is 11.5 Å². The van der Waals surface area contributed by atoms with Crippen LogP contribution in [0.25, 0.3) is 11.1 Å². The Morgan fingerprint density at radius 1 is 0.938 bits per heavy atom. The zero-order valence-corrected chi connectivity index (χ0v) is 8.84. The second-order valence-electron chi connectivity index (χ2n) is 3.40. The van der Waals surface area contributed by atoms with Gasteiger partial charge in [0.2, 0.25) is 0 Å². The molecule has 82 valence electrons. The fourth-order valence-electron chi connectivity index (χ4n) is 1.56. The van der Waals surface area contributed by atoms with Gasteiger partial charge in [-0.05, 0) is 23.8 Å². The second kappa shape index (κ2) is 4.14. The maximum absolute atomic E-state index is 9.69. The molecule has 0 bridgehead atoms. The summed E-state index contributed by atoms with van der Waals surface area (Å²) in [6.07, 6.45) is 0. The van der Waals surface area contributed by atoms with E-state index >= 15 is 0 Å². The summed E-state index contributed by atoms with van der Waals surface area (Å²) in [5.74, 6) is 0.678. The zero-order valence-electron chi connectivity index (χ0n) is 8.84. The van der Waals surface area contributed by atoms with Gasteiger partial charge in [-0.15, -0.1) is 0 Å². The van der Waals surface area contributed by atoms with E-state index in [1.807, 2.05) is 6.07 Å². The van der Waals surface area contributed by atoms with Gasteiger partial charge in [0.05, 0.1) is 7.11 Å². The fraction of sp³-hybridized carbons (Fsp3) is 0.0769. The van der Waals surface area contributed by atoms with Crippen LogP contribution in [-0.4, -0.2) is 17.3 Å². The molecule has 0 heterocycles. The predicted octanol–water partition coefficient (Wildman–Crippen LogP) is 2.77. The van der Waals surface area contributed by atoms with Gasteiger partial charge in [0.1, 0.15) is 5.75 Å². The number of benzene rings is 2. The van der Waals surface area contributed by atoms with E-state index in [2.05, 4.69) is 0 Å². The Kier molecular flexibility index (Phi) is 2.68. The normalized spacial score (nSPS) is 10.1. The van der Waals surface area contributed by atoms with Gasteiger partial charge in [-0.2, -0.15) is 0 Å². The summed E-state index contributed by atoms with van der Waals surface area (Å²) >= 11 is 0. The van der Waals surface area contributed by atoms with Crippen LogP contribution in [0.4, 0.5) is 0 Å². The van der Waals surface area contributed by atoms with Crippen LogP contribution in [0.3, 0.4) is 0 Å². The Morgan fingerprint density at radius 2 is 1.69 bits per heavy atom. The van der Waals surface area contributed by atoms with Crippen molar-refractivity contribution in [2.45, 2.75) is 0 Å². The highest BCUT2D eigenvalue weighted by Crippen LogP contribution is 2.34. The first-order valence-corrected chi connectivity index (χ1v) is 4.87. The minimum absolute atomic E-state index is 0.0849. The molecule has 2 N–H and O–H groups in total. The lowest BCUT2D eigenvalue weighted by molar-refractivity contribution is 0.373. The van der Waals surface area contributed by atoms with Crippen LogP contribution in [0.2, 0.25) is 0 Å². The molecule has 0 saturated heterocycles. The molecule has 0 amide bonds. The third-order valence-electron chi connectivity index (χ3n) is 2.39. The highest BCUT2D eigenvalue weighted by Gasteiger charge is 2.07. The van der Waals surface area contributed by atoms with Gasteiger partial charge in [-0.3, -0.25) is 0 Å². The summed E-state index contributed by atoms with van der Waals surface area (Å²) in [6.45, 7) is 0. The number of phenols is 2. The van der Waals surface area contributed by atoms with Gasteiger partial charge in [-0.1, -0.05) is 24.3 Å². The molecule has 0 unspecified atom stereocenters. The summed E-state index contributed by atoms with van der Waals surface area (Å²) in [5.41, 5.74) is 1.51. The van der Waals surface area contributed by atoms with Crippen LogP contribution in [0.15, 0.2) is 42.5 Å². The average molecular weight is 216 g/mol. The molecule has 0 aliphatic heterocycles. The van der Waals surface area contributed by atoms with Crippen molar-refractivity contribution in [1.82, 2.24) is 0 Å². The summed E-state index contributed by atoms with van der Waals surface area (Å²) in [7, 11) is 1.49. The van der Waals surface area contributed by atoms with E-state index in [1.54, 1.807) is 36.4 Å². The number of aromatic hydroxyl groups is 2. The number of para-hydroxylation sites is 1. The Labute approximate surface area is 93.6 Å². The van der Waals surface area contributed by atoms with Crippen molar-refractivity contribution in [3.63, 3.8) is 0 Å². The summed E-state index contributed by atoms with van der Waals surface area (Å²) < 4.78 is 5.02. The highest BCUT2D eigenvalue weighted by molar-refractivity contribution is 5.72. The minimum Gasteiger partial charge on any atom is -0.507 e. The van der Waals surface area contributed by atoms with E-state index in [1.165, 1.54) is 7.11 Å². The number of hydrogen-bond donors (Lipinski definition) is 2. The third kappa shape index (κ3) is 1.80. The highest BCUT2D eigenvalue weighted by atomic mass is 16.5. The van der Waals surface area contributed by atoms with E-state index in [0.29, 0.717) is 11.3 Å². The van der Waals surface area contributed by atoms with Crippen LogP contribution in [0, 0.1) is 0 Å². The van der Waals surface area contributed by atoms with Gasteiger partial charge in [0.25, 0.3) is 0 Å². The number of rotatable bonds is 2. The van der Waals surface area contributed by atoms with Crippen molar-refractivity contribution in [3.05, 3.63) is 42.5 Å². The molecule has 2 aromatic carbocycles. The number of methoxy groups -OCH3 is 1. The molecule has 0 aliphatic rings. The first-order valence-electron chi connectivity index (χ1n) is 4.87. The van der Waals surface area contributed by atoms with Crippen LogP contribution >= 0.6 is 0 Å². The van der Waals surface area contributed by atoms with Crippen molar-refractivity contribution in [3.8, 4) is 28.4 Å². The molecule has 2 rings (SSSR count). The zero-order chi connectivity index (χ0) is 11.5. The number of phenolic OH excluding ortho intramolecular Hbond substituents is 2. The molecule has 3 heteroatoms. The topological polar surface area (TPSA) is 49.7 Å². The summed E-state index contributed by atoms with van der Waals surface area (Å²) in [5, 5.41) is 19.2. The maximum atomic E-state index is 9.69. The monoisotopic (exact) mass is 216 g/mol. The van der Waals surface area contributed by atoms with Crippen molar-refractivity contribution >= 4 is 0 Å². The molecular weight excluding hydrogens is 204 g/mol. The largest absolute Gasteiger partial charge is 0.507 e. The summed E-state index contributed by atoms with van der Waals surface area (Å²) in [6, 6.07) is 12.0. The molecule has 16 heavy (non-hydrogen) atoms. The lowest BCUT2D eigenvalue weighted by atomic mass is 10.0. The average Bonchev–Trinajstić information content (AvgIpc) is 2.31. The van der Waals surface area contributed by atoms with E-state index in [4.69, 9.17) is 4.74 Å². The standard InChI is InChI=1S/C13H12O3/c1-16-13-8-9(6-7-12(13)15)10-4-2-3-5-11(10)14/h2-8,14-15H,1H3. The van der Waals surface area contributed by atoms with E-state index in [9.17, 15) is 10.2 Å². The minimum atomic E-state index is 0.0849. The quantitative estimate of drug-likeness (QED) is 0.811. The Morgan fingerprint density at radius 3 is 2.38 bits per heavy atom. The fourth-order valence-corrected chi connectivity index (χ4v) is 1.56. The van der Waals surface area contributed by atoms with Crippen molar-refractivity contribution < 1.29 is 14.9 Å².